The fraction of sp³-hybridized carbons (Fsp3) is 0.0714. The zero-order valence-electron chi connectivity index (χ0n) is 10.7. The minimum absolute atomic E-state index is 0.265. The Hall–Kier alpha value is -2.47. The molecule has 6 heteroatoms. The molecule has 2 N–H and O–H groups in total. The van der Waals surface area contributed by atoms with Crippen molar-refractivity contribution < 1.29 is 14.7 Å². The zero-order chi connectivity index (χ0) is 14.5. The smallest absolute Gasteiger partial charge is 0.328 e. The maximum absolute atomic E-state index is 12.2. The van der Waals surface area contributed by atoms with Crippen LogP contribution >= 0.6 is 11.3 Å². The number of nitrogens with one attached hydrogen (secondary N) is 1. The van der Waals surface area contributed by atoms with Crippen LogP contribution in [-0.4, -0.2) is 22.0 Å². The van der Waals surface area contributed by atoms with Crippen molar-refractivity contribution in [3.05, 3.63) is 52.0 Å². The first-order valence-corrected chi connectivity index (χ1v) is 6.66. The summed E-state index contributed by atoms with van der Waals surface area (Å²) in [5, 5.41) is 13.2. The molecule has 0 aliphatic heterocycles. The summed E-state index contributed by atoms with van der Waals surface area (Å²) in [5.74, 6) is -1.31. The lowest BCUT2D eigenvalue weighted by atomic mass is 10.2. The number of rotatable bonds is 4. The Kier molecular flexibility index (Phi) is 4.27. The van der Waals surface area contributed by atoms with Crippen LogP contribution in [0.4, 0.5) is 5.69 Å². The molecule has 2 heterocycles. The lowest BCUT2D eigenvalue weighted by Gasteiger charge is -2.06. The number of carbonyl (C=O) groups is 2. The molecule has 0 radical (unpaired) electrons. The topological polar surface area (TPSA) is 79.3 Å². The molecular weight excluding hydrogens is 276 g/mol. The normalized spacial score (nSPS) is 10.7. The third-order valence-corrected chi connectivity index (χ3v) is 3.50. The van der Waals surface area contributed by atoms with Gasteiger partial charge in [-0.15, -0.1) is 11.3 Å². The Labute approximate surface area is 119 Å². The van der Waals surface area contributed by atoms with Gasteiger partial charge in [0, 0.05) is 24.2 Å². The molecule has 0 spiro atoms. The van der Waals surface area contributed by atoms with Gasteiger partial charge in [0.05, 0.1) is 4.88 Å². The predicted molar refractivity (Wildman–Crippen MR) is 77.9 cm³/mol. The molecule has 0 bridgehead atoms. The minimum Gasteiger partial charge on any atom is -0.478 e. The first-order chi connectivity index (χ1) is 9.58. The van der Waals surface area contributed by atoms with Crippen LogP contribution in [-0.2, 0) is 4.79 Å². The fourth-order valence-corrected chi connectivity index (χ4v) is 2.37. The summed E-state index contributed by atoms with van der Waals surface area (Å²) in [5.41, 5.74) is 2.13. The molecule has 0 aromatic carbocycles. The predicted octanol–water partition coefficient (Wildman–Crippen LogP) is 2.80. The van der Waals surface area contributed by atoms with Gasteiger partial charge < -0.3 is 10.4 Å². The number of pyridine rings is 1. The van der Waals surface area contributed by atoms with Crippen molar-refractivity contribution in [3.63, 3.8) is 0 Å². The maximum atomic E-state index is 12.2. The van der Waals surface area contributed by atoms with E-state index in [0.29, 0.717) is 16.1 Å². The van der Waals surface area contributed by atoms with Crippen LogP contribution in [0.25, 0.3) is 6.08 Å². The van der Waals surface area contributed by atoms with Crippen molar-refractivity contribution in [3.8, 4) is 0 Å². The van der Waals surface area contributed by atoms with Gasteiger partial charge >= 0.3 is 5.97 Å². The largest absolute Gasteiger partial charge is 0.478 e. The molecule has 0 fully saturated rings. The van der Waals surface area contributed by atoms with Crippen LogP contribution in [0, 0.1) is 6.92 Å². The summed E-state index contributed by atoms with van der Waals surface area (Å²) < 4.78 is 0. The van der Waals surface area contributed by atoms with Crippen molar-refractivity contribution in [1.29, 1.82) is 0 Å². The summed E-state index contributed by atoms with van der Waals surface area (Å²) in [6, 6.07) is 3.42. The second-order valence-electron chi connectivity index (χ2n) is 4.02. The second kappa shape index (κ2) is 6.12. The van der Waals surface area contributed by atoms with Gasteiger partial charge in [-0.25, -0.2) is 4.79 Å². The van der Waals surface area contributed by atoms with Crippen molar-refractivity contribution in [1.82, 2.24) is 4.98 Å². The summed E-state index contributed by atoms with van der Waals surface area (Å²) in [6.45, 7) is 1.85. The van der Waals surface area contributed by atoms with Crippen LogP contribution in [0.3, 0.4) is 0 Å². The number of carboxylic acid groups (broad SMARTS) is 1. The molecule has 0 atom stereocenters. The van der Waals surface area contributed by atoms with E-state index in [1.165, 1.54) is 17.4 Å². The van der Waals surface area contributed by atoms with Crippen LogP contribution in [0.1, 0.15) is 20.8 Å². The van der Waals surface area contributed by atoms with Gasteiger partial charge in [0.15, 0.2) is 0 Å². The summed E-state index contributed by atoms with van der Waals surface area (Å²) in [6.07, 6.45) is 5.68. The number of aromatic nitrogens is 1. The van der Waals surface area contributed by atoms with E-state index in [1.54, 1.807) is 29.9 Å². The third kappa shape index (κ3) is 3.30. The van der Waals surface area contributed by atoms with Crippen molar-refractivity contribution in [2.24, 2.45) is 0 Å². The van der Waals surface area contributed by atoms with Gasteiger partial charge in [-0.2, -0.15) is 0 Å². The quantitative estimate of drug-likeness (QED) is 0.848. The fourth-order valence-electron chi connectivity index (χ4n) is 1.59. The standard InChI is InChI=1S/C14H12N2O3S/c1-9-8-15-6-4-11(9)16-14(19)13-10(5-7-20-13)2-3-12(17)18/h2-8H,1H3,(H,17,18)(H,15,16,19). The van der Waals surface area contributed by atoms with E-state index in [-0.39, 0.29) is 5.91 Å². The Balaban J connectivity index is 2.20. The van der Waals surface area contributed by atoms with Crippen molar-refractivity contribution in [2.75, 3.05) is 5.32 Å². The number of hydrogen-bond donors (Lipinski definition) is 2. The lowest BCUT2D eigenvalue weighted by Crippen LogP contribution is -2.12. The number of anilines is 1. The van der Waals surface area contributed by atoms with E-state index < -0.39 is 5.97 Å². The molecule has 20 heavy (non-hydrogen) atoms. The van der Waals surface area contributed by atoms with E-state index in [1.807, 2.05) is 6.92 Å². The highest BCUT2D eigenvalue weighted by atomic mass is 32.1. The molecule has 2 aromatic heterocycles. The van der Waals surface area contributed by atoms with Gasteiger partial charge in [-0.1, -0.05) is 0 Å². The number of aryl methyl sites for hydroxylation is 1. The van der Waals surface area contributed by atoms with Crippen LogP contribution in [0.5, 0.6) is 0 Å². The average molecular weight is 288 g/mol. The van der Waals surface area contributed by atoms with Gasteiger partial charge in [-0.05, 0) is 41.6 Å². The Bertz CT molecular complexity index is 677. The third-order valence-electron chi connectivity index (χ3n) is 2.58. The highest BCUT2D eigenvalue weighted by molar-refractivity contribution is 7.12. The average Bonchev–Trinajstić information content (AvgIpc) is 2.87. The van der Waals surface area contributed by atoms with Crippen molar-refractivity contribution >= 4 is 35.0 Å². The number of carboxylic acids is 1. The Morgan fingerprint density at radius 1 is 1.40 bits per heavy atom. The summed E-state index contributed by atoms with van der Waals surface area (Å²) in [4.78, 5) is 27.1. The van der Waals surface area contributed by atoms with Gasteiger partial charge in [-0.3, -0.25) is 9.78 Å². The number of aliphatic carboxylic acids is 1. The van der Waals surface area contributed by atoms with E-state index in [0.717, 1.165) is 11.6 Å². The molecule has 2 aromatic rings. The highest BCUT2D eigenvalue weighted by Gasteiger charge is 2.12. The molecule has 0 aliphatic carbocycles. The summed E-state index contributed by atoms with van der Waals surface area (Å²) in [7, 11) is 0. The Morgan fingerprint density at radius 2 is 2.20 bits per heavy atom. The maximum Gasteiger partial charge on any atom is 0.328 e. The molecule has 0 aliphatic rings. The summed E-state index contributed by atoms with van der Waals surface area (Å²) >= 11 is 1.26. The van der Waals surface area contributed by atoms with Gasteiger partial charge in [0.2, 0.25) is 0 Å². The molecule has 102 valence electrons. The van der Waals surface area contributed by atoms with E-state index in [9.17, 15) is 9.59 Å². The zero-order valence-corrected chi connectivity index (χ0v) is 11.5. The number of carbonyl (C=O) groups excluding carboxylic acids is 1. The molecule has 0 saturated carbocycles. The van der Waals surface area contributed by atoms with Crippen molar-refractivity contribution in [2.45, 2.75) is 6.92 Å². The van der Waals surface area contributed by atoms with Crippen LogP contribution in [0.2, 0.25) is 0 Å². The first-order valence-electron chi connectivity index (χ1n) is 5.78. The number of nitrogens with zero attached hydrogens (tertiary/aromatic N) is 1. The molecule has 0 saturated heterocycles. The van der Waals surface area contributed by atoms with Crippen LogP contribution in [0.15, 0.2) is 36.0 Å². The van der Waals surface area contributed by atoms with Crippen LogP contribution < -0.4 is 5.32 Å². The SMILES string of the molecule is Cc1cnccc1NC(=O)c1sccc1C=CC(=O)O. The molecule has 0 unspecified atom stereocenters. The number of amides is 1. The van der Waals surface area contributed by atoms with E-state index >= 15 is 0 Å². The molecular formula is C14H12N2O3S. The lowest BCUT2D eigenvalue weighted by molar-refractivity contribution is -0.131. The highest BCUT2D eigenvalue weighted by Crippen LogP contribution is 2.21. The molecule has 5 nitrogen and oxygen atoms in total. The van der Waals surface area contributed by atoms with Gasteiger partial charge in [0.1, 0.15) is 0 Å². The Morgan fingerprint density at radius 3 is 2.90 bits per heavy atom. The van der Waals surface area contributed by atoms with E-state index in [2.05, 4.69) is 10.3 Å². The second-order valence-corrected chi connectivity index (χ2v) is 4.94. The minimum atomic E-state index is -1.05. The van der Waals surface area contributed by atoms with E-state index in [4.69, 9.17) is 5.11 Å². The molecule has 1 amide bonds. The molecule has 2 rings (SSSR count). The first kappa shape index (κ1) is 14.0. The monoisotopic (exact) mass is 288 g/mol. The number of thiophene rings is 1. The number of hydrogen-bond acceptors (Lipinski definition) is 4. The van der Waals surface area contributed by atoms with Gasteiger partial charge in [0.25, 0.3) is 5.91 Å².